The zero-order valence-electron chi connectivity index (χ0n) is 7.09. The SMILES string of the molecule is CN1C[C@@H]2[C@H](C1)[C@@H]1CC[C@H]2N1. The molecule has 3 heterocycles. The number of hydrogen-bond donors (Lipinski definition) is 1. The molecule has 3 rings (SSSR count). The van der Waals surface area contributed by atoms with Crippen LogP contribution in [0.1, 0.15) is 12.8 Å². The van der Waals surface area contributed by atoms with E-state index in [-0.39, 0.29) is 0 Å². The number of fused-ring (bicyclic) bond motifs is 5. The monoisotopic (exact) mass is 152 g/mol. The Bertz CT molecular complexity index is 162. The Morgan fingerprint density at radius 1 is 1.09 bits per heavy atom. The molecule has 0 radical (unpaired) electrons. The van der Waals surface area contributed by atoms with Gasteiger partial charge in [0.25, 0.3) is 0 Å². The Labute approximate surface area is 68.0 Å². The molecule has 0 aromatic heterocycles. The van der Waals surface area contributed by atoms with E-state index in [1.165, 1.54) is 25.9 Å². The summed E-state index contributed by atoms with van der Waals surface area (Å²) in [4.78, 5) is 2.50. The Kier molecular flexibility index (Phi) is 1.16. The first-order valence-electron chi connectivity index (χ1n) is 4.79. The van der Waals surface area contributed by atoms with Crippen molar-refractivity contribution in [3.05, 3.63) is 0 Å². The molecule has 0 saturated carbocycles. The molecule has 3 saturated heterocycles. The molecule has 1 N–H and O–H groups in total. The van der Waals surface area contributed by atoms with E-state index in [1.54, 1.807) is 0 Å². The summed E-state index contributed by atoms with van der Waals surface area (Å²) in [5.41, 5.74) is 0. The second kappa shape index (κ2) is 1.99. The van der Waals surface area contributed by atoms with Gasteiger partial charge in [0.2, 0.25) is 0 Å². The highest BCUT2D eigenvalue weighted by atomic mass is 15.2. The van der Waals surface area contributed by atoms with Crippen molar-refractivity contribution in [2.75, 3.05) is 20.1 Å². The van der Waals surface area contributed by atoms with Crippen molar-refractivity contribution in [3.8, 4) is 0 Å². The molecule has 4 atom stereocenters. The van der Waals surface area contributed by atoms with Crippen molar-refractivity contribution in [1.82, 2.24) is 10.2 Å². The average molecular weight is 152 g/mol. The summed E-state index contributed by atoms with van der Waals surface area (Å²) in [6, 6.07) is 1.77. The molecular weight excluding hydrogens is 136 g/mol. The Hall–Kier alpha value is -0.0800. The minimum absolute atomic E-state index is 0.884. The summed E-state index contributed by atoms with van der Waals surface area (Å²) in [5, 5.41) is 3.72. The molecule has 2 nitrogen and oxygen atoms in total. The van der Waals surface area contributed by atoms with Gasteiger partial charge in [-0.05, 0) is 31.7 Å². The third kappa shape index (κ3) is 0.744. The maximum Gasteiger partial charge on any atom is 0.0115 e. The molecule has 3 fully saturated rings. The summed E-state index contributed by atoms with van der Waals surface area (Å²) in [6.45, 7) is 2.69. The molecule has 2 heteroatoms. The maximum atomic E-state index is 3.72. The van der Waals surface area contributed by atoms with E-state index in [0.29, 0.717) is 0 Å². The molecule has 0 spiro atoms. The topological polar surface area (TPSA) is 15.3 Å². The second-order valence-corrected chi connectivity index (χ2v) is 4.51. The highest BCUT2D eigenvalue weighted by Gasteiger charge is 2.50. The van der Waals surface area contributed by atoms with Gasteiger partial charge < -0.3 is 10.2 Å². The molecule has 3 aliphatic heterocycles. The Morgan fingerprint density at radius 2 is 1.64 bits per heavy atom. The van der Waals surface area contributed by atoms with Crippen LogP contribution in [0.5, 0.6) is 0 Å². The fourth-order valence-corrected chi connectivity index (χ4v) is 3.39. The van der Waals surface area contributed by atoms with Crippen molar-refractivity contribution in [3.63, 3.8) is 0 Å². The quantitative estimate of drug-likeness (QED) is 0.537. The Balaban J connectivity index is 1.87. The van der Waals surface area contributed by atoms with Gasteiger partial charge in [-0.3, -0.25) is 0 Å². The van der Waals surface area contributed by atoms with Crippen LogP contribution in [0.2, 0.25) is 0 Å². The molecule has 0 amide bonds. The zero-order valence-corrected chi connectivity index (χ0v) is 7.09. The van der Waals surface area contributed by atoms with Crippen molar-refractivity contribution in [2.24, 2.45) is 11.8 Å². The number of likely N-dealkylation sites (tertiary alicyclic amines) is 1. The van der Waals surface area contributed by atoms with E-state index in [2.05, 4.69) is 17.3 Å². The highest BCUT2D eigenvalue weighted by Crippen LogP contribution is 2.42. The fraction of sp³-hybridized carbons (Fsp3) is 1.00. The molecule has 3 aliphatic rings. The largest absolute Gasteiger partial charge is 0.311 e. The van der Waals surface area contributed by atoms with E-state index >= 15 is 0 Å². The lowest BCUT2D eigenvalue weighted by atomic mass is 9.82. The molecular formula is C9H16N2. The van der Waals surface area contributed by atoms with Crippen LogP contribution in [0, 0.1) is 11.8 Å². The third-order valence-electron chi connectivity index (χ3n) is 3.85. The smallest absolute Gasteiger partial charge is 0.0115 e. The van der Waals surface area contributed by atoms with Gasteiger partial charge >= 0.3 is 0 Å². The predicted molar refractivity (Wildman–Crippen MR) is 44.4 cm³/mol. The molecule has 0 aliphatic carbocycles. The van der Waals surface area contributed by atoms with Crippen molar-refractivity contribution < 1.29 is 0 Å². The number of rotatable bonds is 0. The van der Waals surface area contributed by atoms with Gasteiger partial charge in [-0.15, -0.1) is 0 Å². The van der Waals surface area contributed by atoms with Crippen molar-refractivity contribution in [1.29, 1.82) is 0 Å². The van der Waals surface area contributed by atoms with E-state index in [4.69, 9.17) is 0 Å². The van der Waals surface area contributed by atoms with Gasteiger partial charge in [0.15, 0.2) is 0 Å². The van der Waals surface area contributed by atoms with Crippen molar-refractivity contribution in [2.45, 2.75) is 24.9 Å². The molecule has 0 unspecified atom stereocenters. The third-order valence-corrected chi connectivity index (χ3v) is 3.85. The average Bonchev–Trinajstić information content (AvgIpc) is 2.53. The summed E-state index contributed by atoms with van der Waals surface area (Å²) < 4.78 is 0. The van der Waals surface area contributed by atoms with Gasteiger partial charge in [-0.1, -0.05) is 0 Å². The lowest BCUT2D eigenvalue weighted by molar-refractivity contribution is 0.354. The van der Waals surface area contributed by atoms with Gasteiger partial charge in [-0.25, -0.2) is 0 Å². The zero-order chi connectivity index (χ0) is 7.42. The van der Waals surface area contributed by atoms with Gasteiger partial charge in [0.05, 0.1) is 0 Å². The van der Waals surface area contributed by atoms with Crippen LogP contribution in [-0.2, 0) is 0 Å². The van der Waals surface area contributed by atoms with E-state index in [9.17, 15) is 0 Å². The number of nitrogens with zero attached hydrogens (tertiary/aromatic N) is 1. The summed E-state index contributed by atoms with van der Waals surface area (Å²) in [7, 11) is 2.26. The van der Waals surface area contributed by atoms with Crippen LogP contribution in [0.3, 0.4) is 0 Å². The maximum absolute atomic E-state index is 3.72. The lowest BCUT2D eigenvalue weighted by Gasteiger charge is -2.20. The highest BCUT2D eigenvalue weighted by molar-refractivity contribution is 5.07. The van der Waals surface area contributed by atoms with E-state index in [0.717, 1.165) is 23.9 Å². The fourth-order valence-electron chi connectivity index (χ4n) is 3.39. The summed E-state index contributed by atoms with van der Waals surface area (Å²) >= 11 is 0. The van der Waals surface area contributed by atoms with Crippen LogP contribution >= 0.6 is 0 Å². The first-order chi connectivity index (χ1) is 5.34. The van der Waals surface area contributed by atoms with Crippen LogP contribution in [0.25, 0.3) is 0 Å². The first kappa shape index (κ1) is 6.44. The van der Waals surface area contributed by atoms with Crippen LogP contribution in [0.15, 0.2) is 0 Å². The van der Waals surface area contributed by atoms with Gasteiger partial charge in [-0.2, -0.15) is 0 Å². The normalized spacial score (nSPS) is 55.4. The molecule has 2 bridgehead atoms. The number of hydrogen-bond acceptors (Lipinski definition) is 2. The van der Waals surface area contributed by atoms with Gasteiger partial charge in [0.1, 0.15) is 0 Å². The molecule has 0 aromatic carbocycles. The standard InChI is InChI=1S/C9H16N2/c1-11-4-6-7(5-11)9-3-2-8(6)10-9/h6-10H,2-5H2,1H3/t6-,7+,8-,9+. The second-order valence-electron chi connectivity index (χ2n) is 4.51. The lowest BCUT2D eigenvalue weighted by Crippen LogP contribution is -2.28. The van der Waals surface area contributed by atoms with E-state index < -0.39 is 0 Å². The van der Waals surface area contributed by atoms with Crippen LogP contribution in [-0.4, -0.2) is 37.1 Å². The van der Waals surface area contributed by atoms with Crippen LogP contribution < -0.4 is 5.32 Å². The minimum atomic E-state index is 0.884. The Morgan fingerprint density at radius 3 is 2.18 bits per heavy atom. The van der Waals surface area contributed by atoms with Crippen molar-refractivity contribution >= 4 is 0 Å². The number of nitrogens with one attached hydrogen (secondary N) is 1. The molecule has 11 heavy (non-hydrogen) atoms. The summed E-state index contributed by atoms with van der Waals surface area (Å²) in [6.07, 6.45) is 2.89. The molecule has 0 aromatic rings. The molecule has 62 valence electrons. The first-order valence-corrected chi connectivity index (χ1v) is 4.79. The van der Waals surface area contributed by atoms with E-state index in [1.807, 2.05) is 0 Å². The predicted octanol–water partition coefficient (Wildman–Crippen LogP) is 0.298. The summed E-state index contributed by atoms with van der Waals surface area (Å²) in [5.74, 6) is 2.00. The van der Waals surface area contributed by atoms with Gasteiger partial charge in [0, 0.05) is 25.2 Å². The minimum Gasteiger partial charge on any atom is -0.311 e. The van der Waals surface area contributed by atoms with Crippen LogP contribution in [0.4, 0.5) is 0 Å².